The molecule has 1 aliphatic rings. The van der Waals surface area contributed by atoms with Crippen LogP contribution in [0, 0.1) is 0 Å². The molecule has 118 valence electrons. The predicted octanol–water partition coefficient (Wildman–Crippen LogP) is 1.16. The second-order valence-electron chi connectivity index (χ2n) is 5.28. The van der Waals surface area contributed by atoms with Crippen LogP contribution in [-0.2, 0) is 10.0 Å². The molecule has 1 aromatic heterocycles. The van der Waals surface area contributed by atoms with Gasteiger partial charge in [0, 0.05) is 36.1 Å². The third kappa shape index (κ3) is 2.44. The molecule has 1 fully saturated rings. The number of rotatable bonds is 3. The molecule has 2 N–H and O–H groups in total. The zero-order valence-electron chi connectivity index (χ0n) is 12.0. The first-order valence-corrected chi connectivity index (χ1v) is 8.74. The van der Waals surface area contributed by atoms with Crippen molar-refractivity contribution in [2.75, 3.05) is 20.1 Å². The SMILES string of the molecule is CNC1CCN(S(=O)(=O)c2cccc3c(=O)[nH]cc(Cl)c23)C1. The highest BCUT2D eigenvalue weighted by atomic mass is 35.5. The number of aromatic amines is 1. The first kappa shape index (κ1) is 15.5. The van der Waals surface area contributed by atoms with Crippen LogP contribution in [0.3, 0.4) is 0 Å². The topological polar surface area (TPSA) is 82.3 Å². The Morgan fingerprint density at radius 3 is 2.86 bits per heavy atom. The van der Waals surface area contributed by atoms with Gasteiger partial charge in [0.15, 0.2) is 0 Å². The Labute approximate surface area is 133 Å². The highest BCUT2D eigenvalue weighted by Crippen LogP contribution is 2.30. The summed E-state index contributed by atoms with van der Waals surface area (Å²) >= 11 is 6.14. The minimum Gasteiger partial charge on any atom is -0.327 e. The summed E-state index contributed by atoms with van der Waals surface area (Å²) < 4.78 is 27.2. The van der Waals surface area contributed by atoms with Crippen molar-refractivity contribution in [3.05, 3.63) is 39.8 Å². The normalized spacial score (nSPS) is 19.8. The summed E-state index contributed by atoms with van der Waals surface area (Å²) in [5, 5.41) is 3.86. The number of nitrogens with zero attached hydrogens (tertiary/aromatic N) is 1. The molecule has 3 rings (SSSR count). The third-order valence-electron chi connectivity index (χ3n) is 4.02. The molecule has 8 heteroatoms. The molecule has 0 saturated carbocycles. The van der Waals surface area contributed by atoms with E-state index in [9.17, 15) is 13.2 Å². The van der Waals surface area contributed by atoms with Gasteiger partial charge in [-0.15, -0.1) is 0 Å². The molecule has 0 spiro atoms. The lowest BCUT2D eigenvalue weighted by Crippen LogP contribution is -2.33. The smallest absolute Gasteiger partial charge is 0.255 e. The summed E-state index contributed by atoms with van der Waals surface area (Å²) in [7, 11) is -1.88. The van der Waals surface area contributed by atoms with E-state index in [2.05, 4.69) is 10.3 Å². The number of pyridine rings is 1. The van der Waals surface area contributed by atoms with Crippen molar-refractivity contribution in [2.24, 2.45) is 0 Å². The quantitative estimate of drug-likeness (QED) is 0.877. The van der Waals surface area contributed by atoms with Gasteiger partial charge in [0.1, 0.15) is 0 Å². The molecule has 1 aromatic carbocycles. The fourth-order valence-electron chi connectivity index (χ4n) is 2.78. The number of aromatic nitrogens is 1. The molecule has 1 atom stereocenters. The summed E-state index contributed by atoms with van der Waals surface area (Å²) in [6.45, 7) is 0.862. The first-order chi connectivity index (χ1) is 10.4. The zero-order chi connectivity index (χ0) is 15.9. The Kier molecular flexibility index (Phi) is 3.98. The van der Waals surface area contributed by atoms with Gasteiger partial charge < -0.3 is 10.3 Å². The molecule has 6 nitrogen and oxygen atoms in total. The third-order valence-corrected chi connectivity index (χ3v) is 6.22. The van der Waals surface area contributed by atoms with Crippen LogP contribution in [0.1, 0.15) is 6.42 Å². The lowest BCUT2D eigenvalue weighted by Gasteiger charge is -2.18. The second-order valence-corrected chi connectivity index (χ2v) is 7.60. The summed E-state index contributed by atoms with van der Waals surface area (Å²) in [4.78, 5) is 14.5. The molecule has 0 aliphatic carbocycles. The van der Waals surface area contributed by atoms with E-state index in [1.165, 1.54) is 16.6 Å². The summed E-state index contributed by atoms with van der Waals surface area (Å²) in [6, 6.07) is 4.77. The van der Waals surface area contributed by atoms with Crippen molar-refractivity contribution >= 4 is 32.4 Å². The summed E-state index contributed by atoms with van der Waals surface area (Å²) in [6.07, 6.45) is 2.08. The number of likely N-dealkylation sites (N-methyl/N-ethyl adjacent to an activating group) is 1. The Hall–Kier alpha value is -1.41. The molecular formula is C14H16ClN3O3S. The van der Waals surface area contributed by atoms with Crippen molar-refractivity contribution in [1.82, 2.24) is 14.6 Å². The van der Waals surface area contributed by atoms with Crippen LogP contribution in [0.5, 0.6) is 0 Å². The van der Waals surface area contributed by atoms with Crippen molar-refractivity contribution in [2.45, 2.75) is 17.4 Å². The van der Waals surface area contributed by atoms with Gasteiger partial charge in [0.05, 0.1) is 9.92 Å². The summed E-state index contributed by atoms with van der Waals surface area (Å²) in [5.74, 6) is 0. The average Bonchev–Trinajstić information content (AvgIpc) is 3.00. The van der Waals surface area contributed by atoms with E-state index in [1.54, 1.807) is 12.1 Å². The number of halogens is 1. The molecule has 1 saturated heterocycles. The Bertz CT molecular complexity index is 879. The fourth-order valence-corrected chi connectivity index (χ4v) is 4.82. The lowest BCUT2D eigenvalue weighted by atomic mass is 10.2. The van der Waals surface area contributed by atoms with Gasteiger partial charge in [-0.05, 0) is 25.6 Å². The Balaban J connectivity index is 2.18. The standard InChI is InChI=1S/C14H16ClN3O3S/c1-16-9-5-6-18(8-9)22(20,21)12-4-2-3-10-13(12)11(15)7-17-14(10)19/h2-4,7,9,16H,5-6,8H2,1H3,(H,17,19). The molecule has 22 heavy (non-hydrogen) atoms. The molecule has 0 bridgehead atoms. The predicted molar refractivity (Wildman–Crippen MR) is 85.8 cm³/mol. The van der Waals surface area contributed by atoms with Crippen LogP contribution in [0.2, 0.25) is 5.02 Å². The lowest BCUT2D eigenvalue weighted by molar-refractivity contribution is 0.465. The van der Waals surface area contributed by atoms with Crippen LogP contribution in [0.4, 0.5) is 0 Å². The van der Waals surface area contributed by atoms with Gasteiger partial charge in [-0.3, -0.25) is 4.79 Å². The number of benzene rings is 1. The van der Waals surface area contributed by atoms with Gasteiger partial charge >= 0.3 is 0 Å². The fraction of sp³-hybridized carbons (Fsp3) is 0.357. The molecule has 0 radical (unpaired) electrons. The van der Waals surface area contributed by atoms with Gasteiger partial charge in [0.25, 0.3) is 5.56 Å². The van der Waals surface area contributed by atoms with Crippen molar-refractivity contribution < 1.29 is 8.42 Å². The van der Waals surface area contributed by atoms with Crippen LogP contribution in [0.15, 0.2) is 34.1 Å². The Morgan fingerprint density at radius 2 is 2.18 bits per heavy atom. The highest BCUT2D eigenvalue weighted by Gasteiger charge is 2.33. The zero-order valence-corrected chi connectivity index (χ0v) is 13.5. The number of sulfonamides is 1. The number of H-pyrrole nitrogens is 1. The van der Waals surface area contributed by atoms with E-state index < -0.39 is 10.0 Å². The van der Waals surface area contributed by atoms with E-state index in [4.69, 9.17) is 11.6 Å². The minimum absolute atomic E-state index is 0.0813. The van der Waals surface area contributed by atoms with Crippen LogP contribution < -0.4 is 10.9 Å². The second kappa shape index (κ2) is 5.66. The van der Waals surface area contributed by atoms with E-state index in [0.717, 1.165) is 6.42 Å². The van der Waals surface area contributed by atoms with Gasteiger partial charge in [0.2, 0.25) is 10.0 Å². The number of nitrogens with one attached hydrogen (secondary N) is 2. The molecule has 0 amide bonds. The molecule has 1 aliphatic heterocycles. The van der Waals surface area contributed by atoms with Gasteiger partial charge in [-0.2, -0.15) is 4.31 Å². The molecule has 2 aromatic rings. The van der Waals surface area contributed by atoms with E-state index in [0.29, 0.717) is 13.1 Å². The van der Waals surface area contributed by atoms with E-state index in [-0.39, 0.29) is 32.3 Å². The number of fused-ring (bicyclic) bond motifs is 1. The minimum atomic E-state index is -3.69. The van der Waals surface area contributed by atoms with Gasteiger partial charge in [-0.25, -0.2) is 8.42 Å². The maximum absolute atomic E-state index is 12.9. The number of hydrogen-bond donors (Lipinski definition) is 2. The molecule has 2 heterocycles. The maximum Gasteiger partial charge on any atom is 0.255 e. The molecular weight excluding hydrogens is 326 g/mol. The van der Waals surface area contributed by atoms with E-state index >= 15 is 0 Å². The largest absolute Gasteiger partial charge is 0.327 e. The van der Waals surface area contributed by atoms with Gasteiger partial charge in [-0.1, -0.05) is 17.7 Å². The Morgan fingerprint density at radius 1 is 1.41 bits per heavy atom. The van der Waals surface area contributed by atoms with Crippen molar-refractivity contribution in [1.29, 1.82) is 0 Å². The summed E-state index contributed by atoms with van der Waals surface area (Å²) in [5.41, 5.74) is -0.356. The average molecular weight is 342 g/mol. The molecule has 1 unspecified atom stereocenters. The highest BCUT2D eigenvalue weighted by molar-refractivity contribution is 7.89. The maximum atomic E-state index is 12.9. The monoisotopic (exact) mass is 341 g/mol. The van der Waals surface area contributed by atoms with Crippen molar-refractivity contribution in [3.63, 3.8) is 0 Å². The van der Waals surface area contributed by atoms with E-state index in [1.807, 2.05) is 7.05 Å². The first-order valence-electron chi connectivity index (χ1n) is 6.92. The van der Waals surface area contributed by atoms with Crippen LogP contribution in [-0.4, -0.2) is 43.9 Å². The van der Waals surface area contributed by atoms with Crippen molar-refractivity contribution in [3.8, 4) is 0 Å². The van der Waals surface area contributed by atoms with Crippen LogP contribution >= 0.6 is 11.6 Å². The number of hydrogen-bond acceptors (Lipinski definition) is 4. The van der Waals surface area contributed by atoms with Crippen LogP contribution in [0.25, 0.3) is 10.8 Å².